The number of rotatable bonds is 3. The summed E-state index contributed by atoms with van der Waals surface area (Å²) in [6, 6.07) is 10.7. The summed E-state index contributed by atoms with van der Waals surface area (Å²) in [4.78, 5) is 12.1. The standard InChI is InChI=1S/C14H10ClN3O2/c15-13-10(6-9-20-13)14(19)17-11-4-1-2-5-12(11)18-8-3-7-16-18/h1-9H,(H,17,19). The van der Waals surface area contributed by atoms with E-state index < -0.39 is 0 Å². The molecular formula is C14H10ClN3O2. The molecule has 0 radical (unpaired) electrons. The Morgan fingerprint density at radius 2 is 2.10 bits per heavy atom. The molecule has 2 heterocycles. The van der Waals surface area contributed by atoms with Crippen LogP contribution in [0, 0.1) is 0 Å². The molecule has 1 N–H and O–H groups in total. The van der Waals surface area contributed by atoms with Crippen molar-refractivity contribution in [2.75, 3.05) is 5.32 Å². The monoisotopic (exact) mass is 287 g/mol. The summed E-state index contributed by atoms with van der Waals surface area (Å²) < 4.78 is 6.59. The molecule has 100 valence electrons. The summed E-state index contributed by atoms with van der Waals surface area (Å²) in [7, 11) is 0. The van der Waals surface area contributed by atoms with E-state index in [4.69, 9.17) is 16.0 Å². The predicted octanol–water partition coefficient (Wildman–Crippen LogP) is 3.37. The molecular weight excluding hydrogens is 278 g/mol. The Balaban J connectivity index is 1.92. The summed E-state index contributed by atoms with van der Waals surface area (Å²) in [5.41, 5.74) is 1.70. The molecule has 0 spiro atoms. The van der Waals surface area contributed by atoms with Crippen LogP contribution in [-0.2, 0) is 0 Å². The van der Waals surface area contributed by atoms with E-state index in [1.54, 1.807) is 23.1 Å². The maximum atomic E-state index is 12.1. The van der Waals surface area contributed by atoms with Crippen LogP contribution in [0.2, 0.25) is 5.22 Å². The number of carbonyl (C=O) groups is 1. The number of halogens is 1. The molecule has 0 saturated carbocycles. The van der Waals surface area contributed by atoms with Gasteiger partial charge in [0.1, 0.15) is 0 Å². The average Bonchev–Trinajstić information content (AvgIpc) is 3.10. The number of anilines is 1. The van der Waals surface area contributed by atoms with E-state index in [1.807, 2.05) is 24.3 Å². The quantitative estimate of drug-likeness (QED) is 0.803. The Bertz CT molecular complexity index is 734. The number of hydrogen-bond donors (Lipinski definition) is 1. The summed E-state index contributed by atoms with van der Waals surface area (Å²) in [6.07, 6.45) is 4.85. The lowest BCUT2D eigenvalue weighted by atomic mass is 10.2. The number of hydrogen-bond acceptors (Lipinski definition) is 3. The minimum atomic E-state index is -0.330. The molecule has 0 fully saturated rings. The van der Waals surface area contributed by atoms with Gasteiger partial charge in [-0.2, -0.15) is 5.10 Å². The molecule has 0 atom stereocenters. The zero-order valence-corrected chi connectivity index (χ0v) is 11.0. The summed E-state index contributed by atoms with van der Waals surface area (Å²) in [5, 5.41) is 7.02. The molecule has 0 bridgehead atoms. The van der Waals surface area contributed by atoms with Crippen molar-refractivity contribution >= 4 is 23.2 Å². The second-order valence-corrected chi connectivity index (χ2v) is 4.37. The number of benzene rings is 1. The van der Waals surface area contributed by atoms with Gasteiger partial charge in [-0.25, -0.2) is 4.68 Å². The average molecular weight is 288 g/mol. The van der Waals surface area contributed by atoms with Gasteiger partial charge in [-0.15, -0.1) is 0 Å². The molecule has 1 amide bonds. The van der Waals surface area contributed by atoms with Gasteiger partial charge in [-0.05, 0) is 35.9 Å². The van der Waals surface area contributed by atoms with E-state index in [1.165, 1.54) is 12.3 Å². The van der Waals surface area contributed by atoms with Crippen molar-refractivity contribution in [2.24, 2.45) is 0 Å². The smallest absolute Gasteiger partial charge is 0.260 e. The number of carbonyl (C=O) groups excluding carboxylic acids is 1. The predicted molar refractivity (Wildman–Crippen MR) is 75.2 cm³/mol. The molecule has 0 aliphatic rings. The first kappa shape index (κ1) is 12.5. The Morgan fingerprint density at radius 3 is 2.80 bits per heavy atom. The van der Waals surface area contributed by atoms with Gasteiger partial charge < -0.3 is 9.73 Å². The minimum absolute atomic E-state index is 0.0686. The van der Waals surface area contributed by atoms with Gasteiger partial charge in [0.15, 0.2) is 0 Å². The van der Waals surface area contributed by atoms with Crippen molar-refractivity contribution in [1.29, 1.82) is 0 Å². The summed E-state index contributed by atoms with van der Waals surface area (Å²) in [5.74, 6) is -0.330. The van der Waals surface area contributed by atoms with Crippen LogP contribution in [0.3, 0.4) is 0 Å². The van der Waals surface area contributed by atoms with E-state index in [2.05, 4.69) is 10.4 Å². The van der Waals surface area contributed by atoms with Crippen molar-refractivity contribution in [2.45, 2.75) is 0 Å². The van der Waals surface area contributed by atoms with Gasteiger partial charge in [0.2, 0.25) is 5.22 Å². The van der Waals surface area contributed by atoms with Crippen LogP contribution in [0.15, 0.2) is 59.5 Å². The Labute approximate surface area is 119 Å². The molecule has 3 rings (SSSR count). The Morgan fingerprint density at radius 1 is 1.25 bits per heavy atom. The van der Waals surface area contributed by atoms with Gasteiger partial charge in [0.25, 0.3) is 5.91 Å². The second-order valence-electron chi connectivity index (χ2n) is 4.03. The van der Waals surface area contributed by atoms with Crippen molar-refractivity contribution < 1.29 is 9.21 Å². The molecule has 5 nitrogen and oxygen atoms in total. The molecule has 3 aromatic rings. The van der Waals surface area contributed by atoms with Gasteiger partial charge in [-0.3, -0.25) is 4.79 Å². The van der Waals surface area contributed by atoms with E-state index in [0.717, 1.165) is 5.69 Å². The van der Waals surface area contributed by atoms with E-state index in [9.17, 15) is 4.79 Å². The van der Waals surface area contributed by atoms with Gasteiger partial charge >= 0.3 is 0 Å². The molecule has 0 unspecified atom stereocenters. The molecule has 20 heavy (non-hydrogen) atoms. The van der Waals surface area contributed by atoms with Crippen molar-refractivity contribution in [3.05, 3.63) is 65.8 Å². The zero-order chi connectivity index (χ0) is 13.9. The first-order valence-electron chi connectivity index (χ1n) is 5.89. The van der Waals surface area contributed by atoms with Gasteiger partial charge in [0.05, 0.1) is 23.2 Å². The normalized spacial score (nSPS) is 10.4. The SMILES string of the molecule is O=C(Nc1ccccc1-n1cccn1)c1ccoc1Cl. The lowest BCUT2D eigenvalue weighted by molar-refractivity contribution is 0.102. The first-order chi connectivity index (χ1) is 9.75. The van der Waals surface area contributed by atoms with E-state index >= 15 is 0 Å². The molecule has 0 aliphatic carbocycles. The molecule has 1 aromatic carbocycles. The van der Waals surface area contributed by atoms with Crippen molar-refractivity contribution in [1.82, 2.24) is 9.78 Å². The van der Waals surface area contributed by atoms with Crippen LogP contribution in [-0.4, -0.2) is 15.7 Å². The van der Waals surface area contributed by atoms with Crippen molar-refractivity contribution in [3.63, 3.8) is 0 Å². The second kappa shape index (κ2) is 5.22. The highest BCUT2D eigenvalue weighted by atomic mass is 35.5. The molecule has 6 heteroatoms. The highest BCUT2D eigenvalue weighted by Gasteiger charge is 2.15. The van der Waals surface area contributed by atoms with Crippen LogP contribution in [0.1, 0.15) is 10.4 Å². The molecule has 2 aromatic heterocycles. The highest BCUT2D eigenvalue weighted by Crippen LogP contribution is 2.22. The molecule has 0 aliphatic heterocycles. The van der Waals surface area contributed by atoms with E-state index in [0.29, 0.717) is 11.3 Å². The Hall–Kier alpha value is -2.53. The number of aromatic nitrogens is 2. The fraction of sp³-hybridized carbons (Fsp3) is 0. The van der Waals surface area contributed by atoms with E-state index in [-0.39, 0.29) is 11.1 Å². The highest BCUT2D eigenvalue weighted by molar-refractivity contribution is 6.32. The van der Waals surface area contributed by atoms with Gasteiger partial charge in [0, 0.05) is 12.4 Å². The lowest BCUT2D eigenvalue weighted by Crippen LogP contribution is -2.13. The summed E-state index contributed by atoms with van der Waals surface area (Å²) in [6.45, 7) is 0. The maximum absolute atomic E-state index is 12.1. The third-order valence-electron chi connectivity index (χ3n) is 2.77. The largest absolute Gasteiger partial charge is 0.452 e. The number of furan rings is 1. The first-order valence-corrected chi connectivity index (χ1v) is 6.27. The number of amides is 1. The Kier molecular flexibility index (Phi) is 3.26. The van der Waals surface area contributed by atoms with Crippen LogP contribution < -0.4 is 5.32 Å². The number of nitrogens with zero attached hydrogens (tertiary/aromatic N) is 2. The van der Waals surface area contributed by atoms with Gasteiger partial charge in [-0.1, -0.05) is 12.1 Å². The van der Waals surface area contributed by atoms with Crippen LogP contribution in [0.4, 0.5) is 5.69 Å². The topological polar surface area (TPSA) is 60.1 Å². The maximum Gasteiger partial charge on any atom is 0.260 e. The number of para-hydroxylation sites is 2. The number of nitrogens with one attached hydrogen (secondary N) is 1. The van der Waals surface area contributed by atoms with Crippen molar-refractivity contribution in [3.8, 4) is 5.69 Å². The summed E-state index contributed by atoms with van der Waals surface area (Å²) >= 11 is 5.80. The third-order valence-corrected chi connectivity index (χ3v) is 3.06. The fourth-order valence-electron chi connectivity index (χ4n) is 1.84. The lowest BCUT2D eigenvalue weighted by Gasteiger charge is -2.10. The minimum Gasteiger partial charge on any atom is -0.452 e. The molecule has 0 saturated heterocycles. The fourth-order valence-corrected chi connectivity index (χ4v) is 2.04. The van der Waals surface area contributed by atoms with Crippen LogP contribution in [0.5, 0.6) is 0 Å². The van der Waals surface area contributed by atoms with Crippen LogP contribution >= 0.6 is 11.6 Å². The third kappa shape index (κ3) is 2.31. The van der Waals surface area contributed by atoms with Crippen LogP contribution in [0.25, 0.3) is 5.69 Å². The zero-order valence-electron chi connectivity index (χ0n) is 10.3.